The number of nitrogens with zero attached hydrogens (tertiary/aromatic N) is 1. The quantitative estimate of drug-likeness (QED) is 0.668. The molecule has 96 valence electrons. The van der Waals surface area contributed by atoms with Gasteiger partial charge in [0.15, 0.2) is 0 Å². The lowest BCUT2D eigenvalue weighted by Gasteiger charge is -2.20. The molecule has 1 heterocycles. The van der Waals surface area contributed by atoms with Crippen molar-refractivity contribution in [2.24, 2.45) is 0 Å². The molecule has 0 aromatic heterocycles. The number of hydrogen-bond acceptors (Lipinski definition) is 4. The second kappa shape index (κ2) is 4.70. The van der Waals surface area contributed by atoms with E-state index >= 15 is 0 Å². The molecule has 1 saturated heterocycles. The Morgan fingerprint density at radius 2 is 2.18 bits per heavy atom. The second-order valence-electron chi connectivity index (χ2n) is 4.11. The van der Waals surface area contributed by atoms with Crippen molar-refractivity contribution in [3.05, 3.63) is 0 Å². The number of hydrazine groups is 1. The van der Waals surface area contributed by atoms with Crippen LogP contribution in [-0.2, 0) is 14.3 Å². The molecule has 0 radical (unpaired) electrons. The van der Waals surface area contributed by atoms with Crippen LogP contribution in [0.3, 0.4) is 0 Å². The molecule has 2 N–H and O–H groups in total. The number of urea groups is 1. The van der Waals surface area contributed by atoms with Crippen molar-refractivity contribution in [2.45, 2.75) is 38.8 Å². The van der Waals surface area contributed by atoms with E-state index < -0.39 is 29.5 Å². The maximum absolute atomic E-state index is 11.9. The van der Waals surface area contributed by atoms with E-state index in [9.17, 15) is 14.4 Å². The van der Waals surface area contributed by atoms with E-state index in [4.69, 9.17) is 4.74 Å². The van der Waals surface area contributed by atoms with E-state index in [0.717, 1.165) is 0 Å². The van der Waals surface area contributed by atoms with Crippen molar-refractivity contribution >= 4 is 17.8 Å². The first kappa shape index (κ1) is 13.4. The Morgan fingerprint density at radius 3 is 2.59 bits per heavy atom. The predicted molar refractivity (Wildman–Crippen MR) is 58.7 cm³/mol. The molecule has 0 spiro atoms. The van der Waals surface area contributed by atoms with Crippen LogP contribution in [0.4, 0.5) is 4.79 Å². The summed E-state index contributed by atoms with van der Waals surface area (Å²) in [5.41, 5.74) is 1.27. The predicted octanol–water partition coefficient (Wildman–Crippen LogP) is -0.227. The molecule has 4 amide bonds. The van der Waals surface area contributed by atoms with Crippen molar-refractivity contribution in [1.82, 2.24) is 15.8 Å². The molecule has 1 aliphatic rings. The standard InChI is InChI=1S/C10H17N3O4/c1-5-10(3)8(15)13(9(16)11-10)12-7(14)6(2)17-4/h6H,5H2,1-4H3,(H,11,16)(H,12,14). The Hall–Kier alpha value is -1.63. The molecule has 1 aliphatic heterocycles. The topological polar surface area (TPSA) is 87.7 Å². The van der Waals surface area contributed by atoms with Crippen LogP contribution >= 0.6 is 0 Å². The van der Waals surface area contributed by atoms with E-state index in [1.807, 2.05) is 0 Å². The zero-order chi connectivity index (χ0) is 13.2. The summed E-state index contributed by atoms with van der Waals surface area (Å²) in [5, 5.41) is 3.22. The zero-order valence-corrected chi connectivity index (χ0v) is 10.4. The number of ether oxygens (including phenoxy) is 1. The molecule has 0 aromatic rings. The minimum atomic E-state index is -0.958. The zero-order valence-electron chi connectivity index (χ0n) is 10.4. The molecule has 1 rings (SSSR count). The highest BCUT2D eigenvalue weighted by molar-refractivity contribution is 6.07. The summed E-state index contributed by atoms with van der Waals surface area (Å²) in [7, 11) is 1.37. The van der Waals surface area contributed by atoms with Gasteiger partial charge in [-0.1, -0.05) is 6.92 Å². The second-order valence-corrected chi connectivity index (χ2v) is 4.11. The summed E-state index contributed by atoms with van der Waals surface area (Å²) in [6.45, 7) is 4.91. The molecule has 17 heavy (non-hydrogen) atoms. The van der Waals surface area contributed by atoms with Crippen LogP contribution in [0.1, 0.15) is 27.2 Å². The maximum atomic E-state index is 11.9. The van der Waals surface area contributed by atoms with Crippen LogP contribution in [0.25, 0.3) is 0 Å². The highest BCUT2D eigenvalue weighted by Gasteiger charge is 2.47. The van der Waals surface area contributed by atoms with E-state index in [1.165, 1.54) is 14.0 Å². The van der Waals surface area contributed by atoms with Gasteiger partial charge in [0.25, 0.3) is 11.8 Å². The summed E-state index contributed by atoms with van der Waals surface area (Å²) in [4.78, 5) is 35.0. The van der Waals surface area contributed by atoms with E-state index in [2.05, 4.69) is 10.7 Å². The van der Waals surface area contributed by atoms with Crippen molar-refractivity contribution in [2.75, 3.05) is 7.11 Å². The minimum absolute atomic E-state index is 0.448. The molecular formula is C10H17N3O4. The molecule has 1 fully saturated rings. The molecule has 0 aromatic carbocycles. The van der Waals surface area contributed by atoms with Gasteiger partial charge in [0.2, 0.25) is 0 Å². The summed E-state index contributed by atoms with van der Waals surface area (Å²) >= 11 is 0. The van der Waals surface area contributed by atoms with Crippen LogP contribution in [0.2, 0.25) is 0 Å². The Morgan fingerprint density at radius 1 is 1.59 bits per heavy atom. The normalized spacial score (nSPS) is 25.8. The maximum Gasteiger partial charge on any atom is 0.344 e. The number of rotatable bonds is 4. The Bertz CT molecular complexity index is 357. The largest absolute Gasteiger partial charge is 0.372 e. The lowest BCUT2D eigenvalue weighted by molar-refractivity contribution is -0.142. The Labute approximate surface area is 99.4 Å². The third-order valence-corrected chi connectivity index (χ3v) is 2.91. The SMILES string of the molecule is CCC1(C)NC(=O)N(NC(=O)C(C)OC)C1=O. The van der Waals surface area contributed by atoms with Crippen molar-refractivity contribution < 1.29 is 19.1 Å². The molecule has 0 aliphatic carbocycles. The first-order valence-corrected chi connectivity index (χ1v) is 5.35. The Balaban J connectivity index is 2.77. The number of nitrogens with one attached hydrogen (secondary N) is 2. The van der Waals surface area contributed by atoms with Crippen LogP contribution in [0.15, 0.2) is 0 Å². The van der Waals surface area contributed by atoms with Gasteiger partial charge < -0.3 is 10.1 Å². The van der Waals surface area contributed by atoms with Crippen LogP contribution in [0.5, 0.6) is 0 Å². The van der Waals surface area contributed by atoms with E-state index in [-0.39, 0.29) is 0 Å². The van der Waals surface area contributed by atoms with Gasteiger partial charge in [-0.2, -0.15) is 5.01 Å². The number of hydrogen-bond donors (Lipinski definition) is 2. The van der Waals surface area contributed by atoms with E-state index in [0.29, 0.717) is 11.4 Å². The minimum Gasteiger partial charge on any atom is -0.372 e. The summed E-state index contributed by atoms with van der Waals surface area (Å²) < 4.78 is 4.79. The first-order valence-electron chi connectivity index (χ1n) is 5.35. The highest BCUT2D eigenvalue weighted by atomic mass is 16.5. The smallest absolute Gasteiger partial charge is 0.344 e. The van der Waals surface area contributed by atoms with Crippen LogP contribution < -0.4 is 10.7 Å². The number of amides is 4. The fourth-order valence-corrected chi connectivity index (χ4v) is 1.33. The molecule has 7 nitrogen and oxygen atoms in total. The fraction of sp³-hybridized carbons (Fsp3) is 0.700. The number of imide groups is 1. The lowest BCUT2D eigenvalue weighted by Crippen LogP contribution is -2.51. The third kappa shape index (κ3) is 2.38. The van der Waals surface area contributed by atoms with Gasteiger partial charge in [0.05, 0.1) is 0 Å². The van der Waals surface area contributed by atoms with Gasteiger partial charge >= 0.3 is 6.03 Å². The molecule has 0 bridgehead atoms. The fourth-order valence-electron chi connectivity index (χ4n) is 1.33. The van der Waals surface area contributed by atoms with Gasteiger partial charge in [-0.25, -0.2) is 4.79 Å². The van der Waals surface area contributed by atoms with Crippen molar-refractivity contribution in [3.8, 4) is 0 Å². The van der Waals surface area contributed by atoms with Gasteiger partial charge in [-0.05, 0) is 20.3 Å². The number of methoxy groups -OCH3 is 1. The third-order valence-electron chi connectivity index (χ3n) is 2.91. The summed E-state index contributed by atoms with van der Waals surface area (Å²) in [6.07, 6.45) is -0.284. The number of carbonyl (C=O) groups is 3. The van der Waals surface area contributed by atoms with Crippen molar-refractivity contribution in [1.29, 1.82) is 0 Å². The molecule has 2 unspecified atom stereocenters. The van der Waals surface area contributed by atoms with Gasteiger partial charge in [-0.15, -0.1) is 0 Å². The Kier molecular flexibility index (Phi) is 3.72. The van der Waals surface area contributed by atoms with E-state index in [1.54, 1.807) is 13.8 Å². The lowest BCUT2D eigenvalue weighted by atomic mass is 10.00. The van der Waals surface area contributed by atoms with Gasteiger partial charge in [-0.3, -0.25) is 15.0 Å². The van der Waals surface area contributed by atoms with Crippen LogP contribution in [-0.4, -0.2) is 41.6 Å². The summed E-state index contributed by atoms with van der Waals surface area (Å²) in [5.74, 6) is -1.02. The van der Waals surface area contributed by atoms with Gasteiger partial charge in [0, 0.05) is 7.11 Å². The monoisotopic (exact) mass is 243 g/mol. The molecular weight excluding hydrogens is 226 g/mol. The van der Waals surface area contributed by atoms with Crippen molar-refractivity contribution in [3.63, 3.8) is 0 Å². The molecule has 7 heteroatoms. The number of carbonyl (C=O) groups excluding carboxylic acids is 3. The molecule has 2 atom stereocenters. The molecule has 0 saturated carbocycles. The first-order chi connectivity index (χ1) is 7.85. The summed E-state index contributed by atoms with van der Waals surface area (Å²) in [6, 6.07) is -0.629. The average molecular weight is 243 g/mol. The van der Waals surface area contributed by atoms with Crippen LogP contribution in [0, 0.1) is 0 Å². The van der Waals surface area contributed by atoms with Gasteiger partial charge in [0.1, 0.15) is 11.6 Å². The highest BCUT2D eigenvalue weighted by Crippen LogP contribution is 2.19. The average Bonchev–Trinajstić information content (AvgIpc) is 2.52.